The van der Waals surface area contributed by atoms with Crippen LogP contribution < -0.4 is 5.32 Å². The predicted molar refractivity (Wildman–Crippen MR) is 77.3 cm³/mol. The number of hydrogen-bond donors (Lipinski definition) is 2. The van der Waals surface area contributed by atoms with Crippen LogP contribution >= 0.6 is 0 Å². The summed E-state index contributed by atoms with van der Waals surface area (Å²) in [5, 5.41) is 13.0. The molecule has 4 heteroatoms. The predicted octanol–water partition coefficient (Wildman–Crippen LogP) is 0.659. The van der Waals surface area contributed by atoms with E-state index in [1.165, 1.54) is 51.9 Å². The van der Waals surface area contributed by atoms with E-state index in [9.17, 15) is 5.11 Å². The summed E-state index contributed by atoms with van der Waals surface area (Å²) in [6, 6.07) is 1.49. The molecule has 110 valence electrons. The highest BCUT2D eigenvalue weighted by Crippen LogP contribution is 2.34. The summed E-state index contributed by atoms with van der Waals surface area (Å²) in [5.41, 5.74) is -0.00559. The van der Waals surface area contributed by atoms with E-state index in [1.807, 2.05) is 7.05 Å². The largest absolute Gasteiger partial charge is 0.394 e. The van der Waals surface area contributed by atoms with E-state index in [0.29, 0.717) is 6.04 Å². The van der Waals surface area contributed by atoms with Gasteiger partial charge in [-0.05, 0) is 45.7 Å². The van der Waals surface area contributed by atoms with E-state index in [1.54, 1.807) is 0 Å². The summed E-state index contributed by atoms with van der Waals surface area (Å²) in [7, 11) is 2.00. The third kappa shape index (κ3) is 2.68. The summed E-state index contributed by atoms with van der Waals surface area (Å²) < 4.78 is 0. The van der Waals surface area contributed by atoms with Crippen LogP contribution in [0.15, 0.2) is 0 Å². The molecule has 0 radical (unpaired) electrons. The first-order valence-electron chi connectivity index (χ1n) is 8.04. The normalized spacial score (nSPS) is 41.4. The number of piperazine rings is 1. The molecule has 3 rings (SSSR count). The average Bonchev–Trinajstić information content (AvgIpc) is 2.92. The van der Waals surface area contributed by atoms with Gasteiger partial charge in [0.25, 0.3) is 0 Å². The standard InChI is InChI=1S/C15H29N3O/c1-16-15(12-19)6-5-13(10-15)18-9-8-17-7-3-2-4-14(17)11-18/h13-14,16,19H,2-12H2,1H3. The second kappa shape index (κ2) is 5.68. The number of piperidine rings is 1. The van der Waals surface area contributed by atoms with Crippen molar-refractivity contribution >= 4 is 0 Å². The lowest BCUT2D eigenvalue weighted by atomic mass is 9.96. The minimum Gasteiger partial charge on any atom is -0.394 e. The number of likely N-dealkylation sites (N-methyl/N-ethyl adjacent to an activating group) is 1. The Bertz CT molecular complexity index is 306. The second-order valence-corrected chi connectivity index (χ2v) is 6.77. The van der Waals surface area contributed by atoms with Crippen molar-refractivity contribution in [3.05, 3.63) is 0 Å². The van der Waals surface area contributed by atoms with Crippen LogP contribution in [0.25, 0.3) is 0 Å². The Hall–Kier alpha value is -0.160. The average molecular weight is 267 g/mol. The van der Waals surface area contributed by atoms with Gasteiger partial charge < -0.3 is 10.4 Å². The van der Waals surface area contributed by atoms with Crippen molar-refractivity contribution in [2.45, 2.75) is 56.1 Å². The lowest BCUT2D eigenvalue weighted by molar-refractivity contribution is 0.0257. The summed E-state index contributed by atoms with van der Waals surface area (Å²) in [6.45, 7) is 5.35. The van der Waals surface area contributed by atoms with Crippen molar-refractivity contribution in [2.75, 3.05) is 39.8 Å². The van der Waals surface area contributed by atoms with Crippen LogP contribution in [0.5, 0.6) is 0 Å². The van der Waals surface area contributed by atoms with Gasteiger partial charge in [0.2, 0.25) is 0 Å². The molecular weight excluding hydrogens is 238 g/mol. The molecule has 0 bridgehead atoms. The van der Waals surface area contributed by atoms with Crippen molar-refractivity contribution in [3.63, 3.8) is 0 Å². The zero-order chi connectivity index (χ0) is 13.3. The molecule has 2 saturated heterocycles. The minimum atomic E-state index is -0.00559. The van der Waals surface area contributed by atoms with Crippen molar-refractivity contribution in [1.82, 2.24) is 15.1 Å². The van der Waals surface area contributed by atoms with Gasteiger partial charge in [-0.1, -0.05) is 6.42 Å². The van der Waals surface area contributed by atoms with Gasteiger partial charge in [-0.3, -0.25) is 9.80 Å². The third-order valence-corrected chi connectivity index (χ3v) is 5.80. The molecule has 0 amide bonds. The molecule has 3 unspecified atom stereocenters. The highest BCUT2D eigenvalue weighted by Gasteiger charge is 2.41. The molecular formula is C15H29N3O. The number of nitrogens with one attached hydrogen (secondary N) is 1. The van der Waals surface area contributed by atoms with Crippen LogP contribution in [0, 0.1) is 0 Å². The van der Waals surface area contributed by atoms with Crippen molar-refractivity contribution in [1.29, 1.82) is 0 Å². The lowest BCUT2D eigenvalue weighted by Gasteiger charge is -2.46. The van der Waals surface area contributed by atoms with Crippen LogP contribution in [0.4, 0.5) is 0 Å². The number of nitrogens with zero attached hydrogens (tertiary/aromatic N) is 2. The number of aliphatic hydroxyl groups is 1. The van der Waals surface area contributed by atoms with Crippen LogP contribution in [0.1, 0.15) is 38.5 Å². The Balaban J connectivity index is 1.59. The van der Waals surface area contributed by atoms with Crippen LogP contribution in [-0.4, -0.2) is 72.4 Å². The molecule has 2 aliphatic heterocycles. The fourth-order valence-corrected chi connectivity index (χ4v) is 4.37. The van der Waals surface area contributed by atoms with Gasteiger partial charge in [0.15, 0.2) is 0 Å². The molecule has 0 spiro atoms. The quantitative estimate of drug-likeness (QED) is 0.788. The van der Waals surface area contributed by atoms with Crippen LogP contribution in [0.3, 0.4) is 0 Å². The summed E-state index contributed by atoms with van der Waals surface area (Å²) in [6.07, 6.45) is 7.68. The fraction of sp³-hybridized carbons (Fsp3) is 1.00. The Morgan fingerprint density at radius 3 is 2.68 bits per heavy atom. The first kappa shape index (κ1) is 13.8. The summed E-state index contributed by atoms with van der Waals surface area (Å²) in [5.74, 6) is 0. The van der Waals surface area contributed by atoms with Crippen molar-refractivity contribution < 1.29 is 5.11 Å². The highest BCUT2D eigenvalue weighted by atomic mass is 16.3. The number of fused-ring (bicyclic) bond motifs is 1. The molecule has 2 heterocycles. The number of hydrogen-bond acceptors (Lipinski definition) is 4. The maximum Gasteiger partial charge on any atom is 0.0613 e. The summed E-state index contributed by atoms with van der Waals surface area (Å²) in [4.78, 5) is 5.41. The first-order valence-corrected chi connectivity index (χ1v) is 8.04. The van der Waals surface area contributed by atoms with Crippen LogP contribution in [0.2, 0.25) is 0 Å². The van der Waals surface area contributed by atoms with Gasteiger partial charge in [-0.15, -0.1) is 0 Å². The molecule has 19 heavy (non-hydrogen) atoms. The summed E-state index contributed by atoms with van der Waals surface area (Å²) >= 11 is 0. The van der Waals surface area contributed by atoms with Gasteiger partial charge in [-0.2, -0.15) is 0 Å². The van der Waals surface area contributed by atoms with E-state index in [4.69, 9.17) is 0 Å². The number of rotatable bonds is 3. The Morgan fingerprint density at radius 2 is 1.95 bits per heavy atom. The Kier molecular flexibility index (Phi) is 4.13. The molecule has 2 N–H and O–H groups in total. The smallest absolute Gasteiger partial charge is 0.0613 e. The fourth-order valence-electron chi connectivity index (χ4n) is 4.37. The Morgan fingerprint density at radius 1 is 1.11 bits per heavy atom. The van der Waals surface area contributed by atoms with Crippen molar-refractivity contribution in [2.24, 2.45) is 0 Å². The zero-order valence-electron chi connectivity index (χ0n) is 12.3. The molecule has 0 aromatic heterocycles. The van der Waals surface area contributed by atoms with Gasteiger partial charge >= 0.3 is 0 Å². The van der Waals surface area contributed by atoms with Crippen LogP contribution in [-0.2, 0) is 0 Å². The molecule has 1 saturated carbocycles. The van der Waals surface area contributed by atoms with E-state index in [-0.39, 0.29) is 12.1 Å². The third-order valence-electron chi connectivity index (χ3n) is 5.80. The van der Waals surface area contributed by atoms with E-state index in [0.717, 1.165) is 18.9 Å². The highest BCUT2D eigenvalue weighted by molar-refractivity contribution is 5.00. The topological polar surface area (TPSA) is 38.7 Å². The monoisotopic (exact) mass is 267 g/mol. The first-order chi connectivity index (χ1) is 9.26. The van der Waals surface area contributed by atoms with E-state index in [2.05, 4.69) is 15.1 Å². The van der Waals surface area contributed by atoms with Gasteiger partial charge in [0, 0.05) is 37.3 Å². The SMILES string of the molecule is CNC1(CO)CCC(N2CCN3CCCCC3C2)C1. The number of aliphatic hydroxyl groups excluding tert-OH is 1. The van der Waals surface area contributed by atoms with E-state index >= 15 is 0 Å². The second-order valence-electron chi connectivity index (χ2n) is 6.77. The van der Waals surface area contributed by atoms with E-state index < -0.39 is 0 Å². The Labute approximate surface area is 117 Å². The molecule has 0 aromatic rings. The molecule has 3 atom stereocenters. The van der Waals surface area contributed by atoms with Gasteiger partial charge in [0.1, 0.15) is 0 Å². The zero-order valence-corrected chi connectivity index (χ0v) is 12.3. The minimum absolute atomic E-state index is 0.00559. The van der Waals surface area contributed by atoms with Crippen molar-refractivity contribution in [3.8, 4) is 0 Å². The maximum atomic E-state index is 9.63. The molecule has 3 fully saturated rings. The van der Waals surface area contributed by atoms with Gasteiger partial charge in [0.05, 0.1) is 6.61 Å². The maximum absolute atomic E-state index is 9.63. The molecule has 0 aromatic carbocycles. The molecule has 4 nitrogen and oxygen atoms in total. The molecule has 3 aliphatic rings. The van der Waals surface area contributed by atoms with Gasteiger partial charge in [-0.25, -0.2) is 0 Å². The molecule has 1 aliphatic carbocycles. The lowest BCUT2D eigenvalue weighted by Crippen LogP contribution is -2.57.